The van der Waals surface area contributed by atoms with E-state index in [1.54, 1.807) is 12.3 Å². The molecule has 0 aliphatic carbocycles. The van der Waals surface area contributed by atoms with Gasteiger partial charge in [-0.2, -0.15) is 5.26 Å². The van der Waals surface area contributed by atoms with E-state index in [1.807, 2.05) is 24.4 Å². The maximum Gasteiger partial charge on any atom is 0.142 e. The van der Waals surface area contributed by atoms with Crippen LogP contribution in [0.15, 0.2) is 54.9 Å². The third kappa shape index (κ3) is 2.98. The first-order valence-electron chi connectivity index (χ1n) is 6.79. The number of rotatable bonds is 4. The molecule has 0 saturated heterocycles. The van der Waals surface area contributed by atoms with E-state index in [0.717, 1.165) is 29.6 Å². The van der Waals surface area contributed by atoms with Crippen LogP contribution < -0.4 is 5.32 Å². The van der Waals surface area contributed by atoms with Crippen molar-refractivity contribution in [2.24, 2.45) is 0 Å². The Labute approximate surface area is 123 Å². The Morgan fingerprint density at radius 3 is 2.86 bits per heavy atom. The van der Waals surface area contributed by atoms with E-state index in [-0.39, 0.29) is 0 Å². The smallest absolute Gasteiger partial charge is 0.142 e. The molecule has 4 heteroatoms. The summed E-state index contributed by atoms with van der Waals surface area (Å²) in [5, 5.41) is 13.3. The number of nitrogens with one attached hydrogen (secondary N) is 1. The van der Waals surface area contributed by atoms with Crippen LogP contribution in [-0.2, 0) is 6.42 Å². The van der Waals surface area contributed by atoms with E-state index in [2.05, 4.69) is 39.6 Å². The molecule has 0 aliphatic rings. The Hall–Kier alpha value is -2.93. The third-order valence-corrected chi connectivity index (χ3v) is 3.31. The summed E-state index contributed by atoms with van der Waals surface area (Å²) in [5.74, 6) is 0. The molecule has 0 bridgehead atoms. The molecule has 102 valence electrons. The van der Waals surface area contributed by atoms with Crippen molar-refractivity contribution in [1.29, 1.82) is 5.26 Å². The summed E-state index contributed by atoms with van der Waals surface area (Å²) < 4.78 is 0. The first-order chi connectivity index (χ1) is 10.4. The monoisotopic (exact) mass is 274 g/mol. The topological polar surface area (TPSA) is 61.6 Å². The summed E-state index contributed by atoms with van der Waals surface area (Å²) in [5.41, 5.74) is 3.60. The Bertz CT molecular complexity index is 800. The van der Waals surface area contributed by atoms with Crippen molar-refractivity contribution in [3.05, 3.63) is 66.1 Å². The van der Waals surface area contributed by atoms with E-state index in [0.29, 0.717) is 5.69 Å². The summed E-state index contributed by atoms with van der Waals surface area (Å²) in [6.07, 6.45) is 4.33. The van der Waals surface area contributed by atoms with Gasteiger partial charge in [-0.15, -0.1) is 0 Å². The van der Waals surface area contributed by atoms with E-state index < -0.39 is 0 Å². The zero-order valence-corrected chi connectivity index (χ0v) is 11.5. The van der Waals surface area contributed by atoms with Crippen LogP contribution in [0, 0.1) is 11.3 Å². The van der Waals surface area contributed by atoms with E-state index >= 15 is 0 Å². The number of hydrogen-bond acceptors (Lipinski definition) is 4. The average molecular weight is 274 g/mol. The van der Waals surface area contributed by atoms with Crippen LogP contribution in [0.25, 0.3) is 10.9 Å². The molecule has 0 aliphatic heterocycles. The van der Waals surface area contributed by atoms with Crippen LogP contribution in [0.1, 0.15) is 11.3 Å². The Morgan fingerprint density at radius 2 is 1.95 bits per heavy atom. The lowest BCUT2D eigenvalue weighted by Gasteiger charge is -2.08. The molecule has 0 spiro atoms. The third-order valence-electron chi connectivity index (χ3n) is 3.31. The lowest BCUT2D eigenvalue weighted by atomic mass is 10.1. The van der Waals surface area contributed by atoms with Crippen LogP contribution in [0.5, 0.6) is 0 Å². The highest BCUT2D eigenvalue weighted by atomic mass is 14.9. The van der Waals surface area contributed by atoms with E-state index in [4.69, 9.17) is 5.26 Å². The fourth-order valence-electron chi connectivity index (χ4n) is 2.31. The normalized spacial score (nSPS) is 10.2. The summed E-state index contributed by atoms with van der Waals surface area (Å²) in [4.78, 5) is 8.41. The largest absolute Gasteiger partial charge is 0.385 e. The first-order valence-corrected chi connectivity index (χ1v) is 6.79. The maximum atomic E-state index is 8.84. The number of fused-ring (bicyclic) bond motifs is 1. The minimum absolute atomic E-state index is 0.423. The molecule has 4 nitrogen and oxygen atoms in total. The molecule has 0 unspecified atom stereocenters. The average Bonchev–Trinajstić information content (AvgIpc) is 2.55. The summed E-state index contributed by atoms with van der Waals surface area (Å²) in [6.45, 7) is 0.782. The minimum Gasteiger partial charge on any atom is -0.385 e. The number of para-hydroxylation sites is 1. The molecule has 1 N–H and O–H groups in total. The highest BCUT2D eigenvalue weighted by Crippen LogP contribution is 2.16. The Morgan fingerprint density at radius 1 is 1.05 bits per heavy atom. The van der Waals surface area contributed by atoms with Gasteiger partial charge < -0.3 is 5.32 Å². The first kappa shape index (κ1) is 13.1. The van der Waals surface area contributed by atoms with Gasteiger partial charge in [0.05, 0.1) is 5.52 Å². The van der Waals surface area contributed by atoms with Gasteiger partial charge in [-0.1, -0.05) is 24.3 Å². The Balaban J connectivity index is 1.71. The van der Waals surface area contributed by atoms with Crippen LogP contribution in [-0.4, -0.2) is 16.5 Å². The molecule has 2 aromatic heterocycles. The van der Waals surface area contributed by atoms with Crippen molar-refractivity contribution >= 4 is 16.6 Å². The Kier molecular flexibility index (Phi) is 3.74. The molecule has 2 heterocycles. The molecule has 0 radical (unpaired) electrons. The number of anilines is 1. The maximum absolute atomic E-state index is 8.84. The summed E-state index contributed by atoms with van der Waals surface area (Å²) in [7, 11) is 0. The van der Waals surface area contributed by atoms with Gasteiger partial charge in [0, 0.05) is 30.0 Å². The van der Waals surface area contributed by atoms with E-state index in [9.17, 15) is 0 Å². The number of pyridine rings is 2. The second-order valence-corrected chi connectivity index (χ2v) is 4.71. The predicted octanol–water partition coefficient (Wildman–Crippen LogP) is 3.16. The number of aromatic nitrogens is 2. The van der Waals surface area contributed by atoms with Gasteiger partial charge in [0.25, 0.3) is 0 Å². The van der Waals surface area contributed by atoms with Gasteiger partial charge in [-0.25, -0.2) is 4.98 Å². The quantitative estimate of drug-likeness (QED) is 0.793. The van der Waals surface area contributed by atoms with Crippen molar-refractivity contribution in [1.82, 2.24) is 9.97 Å². The van der Waals surface area contributed by atoms with Gasteiger partial charge in [-0.3, -0.25) is 4.98 Å². The summed E-state index contributed by atoms with van der Waals surface area (Å²) in [6, 6.07) is 15.9. The molecule has 3 aromatic rings. The van der Waals surface area contributed by atoms with Gasteiger partial charge in [0.15, 0.2) is 0 Å². The second-order valence-electron chi connectivity index (χ2n) is 4.71. The van der Waals surface area contributed by atoms with Crippen LogP contribution in [0.3, 0.4) is 0 Å². The van der Waals surface area contributed by atoms with E-state index in [1.165, 1.54) is 5.56 Å². The molecule has 0 atom stereocenters. The zero-order valence-electron chi connectivity index (χ0n) is 11.5. The molecule has 21 heavy (non-hydrogen) atoms. The molecule has 1 aromatic carbocycles. The van der Waals surface area contributed by atoms with Crippen molar-refractivity contribution in [3.63, 3.8) is 0 Å². The van der Waals surface area contributed by atoms with Crippen molar-refractivity contribution in [3.8, 4) is 6.07 Å². The van der Waals surface area contributed by atoms with Gasteiger partial charge in [0.2, 0.25) is 0 Å². The van der Waals surface area contributed by atoms with Crippen molar-refractivity contribution < 1.29 is 0 Å². The van der Waals surface area contributed by atoms with Crippen LogP contribution in [0.4, 0.5) is 5.69 Å². The lowest BCUT2D eigenvalue weighted by molar-refractivity contribution is 1.02. The molecule has 0 amide bonds. The van der Waals surface area contributed by atoms with Crippen LogP contribution in [0.2, 0.25) is 0 Å². The van der Waals surface area contributed by atoms with Gasteiger partial charge >= 0.3 is 0 Å². The molecule has 0 saturated carbocycles. The fourth-order valence-corrected chi connectivity index (χ4v) is 2.31. The number of hydrogen-bond donors (Lipinski definition) is 1. The van der Waals surface area contributed by atoms with Crippen molar-refractivity contribution in [2.75, 3.05) is 11.9 Å². The standard InChI is InChI=1S/C17H14N4/c18-12-16-11-15(7-10-20-16)19-9-6-14-4-1-3-13-5-2-8-21-17(13)14/h1-5,7-8,10-11H,6,9H2,(H,19,20). The number of nitrogens with zero attached hydrogens (tertiary/aromatic N) is 3. The van der Waals surface area contributed by atoms with Gasteiger partial charge in [0.1, 0.15) is 11.8 Å². The SMILES string of the molecule is N#Cc1cc(NCCc2cccc3cccnc23)ccn1. The van der Waals surface area contributed by atoms with Gasteiger partial charge in [-0.05, 0) is 30.2 Å². The molecular weight excluding hydrogens is 260 g/mol. The van der Waals surface area contributed by atoms with Crippen LogP contribution >= 0.6 is 0 Å². The highest BCUT2D eigenvalue weighted by Gasteiger charge is 2.02. The second kappa shape index (κ2) is 6.02. The number of nitriles is 1. The summed E-state index contributed by atoms with van der Waals surface area (Å²) >= 11 is 0. The molecule has 0 fully saturated rings. The van der Waals surface area contributed by atoms with Crippen molar-refractivity contribution in [2.45, 2.75) is 6.42 Å². The minimum atomic E-state index is 0.423. The molecular formula is C17H14N4. The lowest BCUT2D eigenvalue weighted by Crippen LogP contribution is -2.06. The molecule has 3 rings (SSSR count). The zero-order chi connectivity index (χ0) is 14.5. The highest BCUT2D eigenvalue weighted by molar-refractivity contribution is 5.81. The number of benzene rings is 1. The fraction of sp³-hybridized carbons (Fsp3) is 0.118. The predicted molar refractivity (Wildman–Crippen MR) is 82.9 cm³/mol.